The lowest BCUT2D eigenvalue weighted by atomic mass is 9.89. The van der Waals surface area contributed by atoms with Crippen molar-refractivity contribution in [3.63, 3.8) is 0 Å². The summed E-state index contributed by atoms with van der Waals surface area (Å²) < 4.78 is 25.9. The molecule has 1 amide bonds. The summed E-state index contributed by atoms with van der Waals surface area (Å²) in [4.78, 5) is 12.8. The number of rotatable bonds is 8. The van der Waals surface area contributed by atoms with E-state index in [2.05, 4.69) is 23.5 Å². The molecule has 2 aromatic carbocycles. The number of hydrogen-bond acceptors (Lipinski definition) is 3. The van der Waals surface area contributed by atoms with Gasteiger partial charge in [0.2, 0.25) is 15.9 Å². The Bertz CT molecular complexity index is 984. The van der Waals surface area contributed by atoms with Crippen molar-refractivity contribution in [2.45, 2.75) is 58.4 Å². The Kier molecular flexibility index (Phi) is 7.19. The molecule has 0 unspecified atom stereocenters. The van der Waals surface area contributed by atoms with E-state index in [4.69, 9.17) is 0 Å². The highest BCUT2D eigenvalue weighted by molar-refractivity contribution is 7.92. The summed E-state index contributed by atoms with van der Waals surface area (Å²) in [6.45, 7) is 3.84. The van der Waals surface area contributed by atoms with Crippen molar-refractivity contribution in [3.8, 4) is 0 Å². The normalized spacial score (nSPS) is 14.6. The monoisotopic (exact) mass is 428 g/mol. The van der Waals surface area contributed by atoms with E-state index in [0.29, 0.717) is 5.69 Å². The highest BCUT2D eigenvalue weighted by Gasteiger charge is 2.23. The van der Waals surface area contributed by atoms with Gasteiger partial charge >= 0.3 is 0 Å². The molecule has 1 N–H and O–H groups in total. The Hall–Kier alpha value is -2.34. The van der Waals surface area contributed by atoms with Gasteiger partial charge in [0, 0.05) is 0 Å². The minimum absolute atomic E-state index is 0.131. The molecule has 0 radical (unpaired) electrons. The number of aryl methyl sites for hydroxylation is 3. The van der Waals surface area contributed by atoms with Gasteiger partial charge in [0.05, 0.1) is 18.0 Å². The van der Waals surface area contributed by atoms with Gasteiger partial charge in [-0.15, -0.1) is 0 Å². The van der Waals surface area contributed by atoms with E-state index < -0.39 is 10.0 Å². The van der Waals surface area contributed by atoms with Crippen molar-refractivity contribution in [2.24, 2.45) is 0 Å². The van der Waals surface area contributed by atoms with E-state index in [1.165, 1.54) is 28.3 Å². The van der Waals surface area contributed by atoms with Crippen LogP contribution in [-0.4, -0.2) is 27.1 Å². The summed E-state index contributed by atoms with van der Waals surface area (Å²) in [5, 5.41) is 3.04. The van der Waals surface area contributed by atoms with Crippen LogP contribution >= 0.6 is 0 Å². The van der Waals surface area contributed by atoms with Crippen molar-refractivity contribution in [2.75, 3.05) is 17.1 Å². The Morgan fingerprint density at radius 1 is 1.03 bits per heavy atom. The molecule has 162 valence electrons. The number of carbonyl (C=O) groups is 1. The first-order valence-corrected chi connectivity index (χ1v) is 12.6. The predicted molar refractivity (Wildman–Crippen MR) is 122 cm³/mol. The molecule has 1 aliphatic rings. The molecule has 1 aliphatic carbocycles. The Labute approximate surface area is 180 Å². The number of carbonyl (C=O) groups excluding carboxylic acids is 1. The van der Waals surface area contributed by atoms with Gasteiger partial charge < -0.3 is 5.32 Å². The smallest absolute Gasteiger partial charge is 0.241 e. The summed E-state index contributed by atoms with van der Waals surface area (Å²) in [5.74, 6) is -0.301. The average molecular weight is 429 g/mol. The fraction of sp³-hybridized carbons (Fsp3) is 0.458. The standard InChI is InChI=1S/C24H32N2O3S/c1-4-18-10-14-22(15-11-18)26(30(3,28)29)17-24(27)25-23(5-2)21-13-12-19-8-6-7-9-20(19)16-21/h10-16,23H,4-9,17H2,1-3H3,(H,25,27)/t23-/m0/s1. The maximum atomic E-state index is 12.8. The molecule has 0 aromatic heterocycles. The van der Waals surface area contributed by atoms with E-state index in [0.717, 1.165) is 43.1 Å². The molecule has 0 saturated carbocycles. The zero-order valence-electron chi connectivity index (χ0n) is 18.1. The van der Waals surface area contributed by atoms with Crippen LogP contribution in [0.25, 0.3) is 0 Å². The molecule has 1 atom stereocenters. The second-order valence-electron chi connectivity index (χ2n) is 8.05. The van der Waals surface area contributed by atoms with E-state index in [1.807, 2.05) is 26.0 Å². The number of amides is 1. The predicted octanol–water partition coefficient (Wildman–Crippen LogP) is 4.16. The highest BCUT2D eigenvalue weighted by Crippen LogP contribution is 2.26. The van der Waals surface area contributed by atoms with Gasteiger partial charge in [-0.25, -0.2) is 8.42 Å². The molecular formula is C24H32N2O3S. The molecule has 6 heteroatoms. The van der Waals surface area contributed by atoms with E-state index in [-0.39, 0.29) is 18.5 Å². The number of benzene rings is 2. The van der Waals surface area contributed by atoms with E-state index in [1.54, 1.807) is 12.1 Å². The molecule has 0 bridgehead atoms. The second-order valence-corrected chi connectivity index (χ2v) is 9.96. The number of anilines is 1. The molecule has 0 heterocycles. The van der Waals surface area contributed by atoms with Gasteiger partial charge in [-0.3, -0.25) is 9.10 Å². The maximum Gasteiger partial charge on any atom is 0.241 e. The van der Waals surface area contributed by atoms with Gasteiger partial charge in [-0.2, -0.15) is 0 Å². The first-order chi connectivity index (χ1) is 14.3. The molecule has 0 fully saturated rings. The number of sulfonamides is 1. The lowest BCUT2D eigenvalue weighted by Gasteiger charge is -2.25. The van der Waals surface area contributed by atoms with Gasteiger partial charge in [-0.1, -0.05) is 44.2 Å². The van der Waals surface area contributed by atoms with E-state index in [9.17, 15) is 13.2 Å². The fourth-order valence-corrected chi connectivity index (χ4v) is 4.92. The Balaban J connectivity index is 1.75. The minimum atomic E-state index is -3.58. The van der Waals surface area contributed by atoms with Crippen molar-refractivity contribution >= 4 is 21.6 Å². The third kappa shape index (κ3) is 5.42. The van der Waals surface area contributed by atoms with Gasteiger partial charge in [-0.05, 0) is 72.9 Å². The Morgan fingerprint density at radius 3 is 2.30 bits per heavy atom. The van der Waals surface area contributed by atoms with Crippen molar-refractivity contribution in [1.29, 1.82) is 0 Å². The van der Waals surface area contributed by atoms with Crippen LogP contribution in [0.1, 0.15) is 61.4 Å². The summed E-state index contributed by atoms with van der Waals surface area (Å²) >= 11 is 0. The number of nitrogens with one attached hydrogen (secondary N) is 1. The average Bonchev–Trinajstić information content (AvgIpc) is 2.75. The van der Waals surface area contributed by atoms with Crippen molar-refractivity contribution in [3.05, 3.63) is 64.7 Å². The third-order valence-corrected chi connectivity index (χ3v) is 6.98. The highest BCUT2D eigenvalue weighted by atomic mass is 32.2. The minimum Gasteiger partial charge on any atom is -0.348 e. The summed E-state index contributed by atoms with van der Waals surface area (Å²) in [7, 11) is -3.58. The maximum absolute atomic E-state index is 12.8. The van der Waals surface area contributed by atoms with Crippen LogP contribution in [0.15, 0.2) is 42.5 Å². The molecular weight excluding hydrogens is 396 g/mol. The summed E-state index contributed by atoms with van der Waals surface area (Å²) in [6, 6.07) is 13.7. The number of nitrogens with zero attached hydrogens (tertiary/aromatic N) is 1. The van der Waals surface area contributed by atoms with Crippen LogP contribution in [0, 0.1) is 0 Å². The summed E-state index contributed by atoms with van der Waals surface area (Å²) in [5.41, 5.74) is 5.50. The number of hydrogen-bond donors (Lipinski definition) is 1. The SMILES string of the molecule is CCc1ccc(N(CC(=O)N[C@@H](CC)c2ccc3c(c2)CCCC3)S(C)(=O)=O)cc1. The number of fused-ring (bicyclic) bond motifs is 1. The van der Waals surface area contributed by atoms with Crippen LogP contribution in [0.2, 0.25) is 0 Å². The molecule has 5 nitrogen and oxygen atoms in total. The molecule has 2 aromatic rings. The third-order valence-electron chi connectivity index (χ3n) is 5.84. The van der Waals surface area contributed by atoms with Crippen LogP contribution in [-0.2, 0) is 34.1 Å². The molecule has 0 spiro atoms. The molecule has 0 saturated heterocycles. The lowest BCUT2D eigenvalue weighted by molar-refractivity contribution is -0.120. The fourth-order valence-electron chi connectivity index (χ4n) is 4.06. The van der Waals surface area contributed by atoms with Crippen LogP contribution in [0.5, 0.6) is 0 Å². The lowest BCUT2D eigenvalue weighted by Crippen LogP contribution is -2.41. The van der Waals surface area contributed by atoms with E-state index >= 15 is 0 Å². The van der Waals surface area contributed by atoms with Crippen LogP contribution in [0.3, 0.4) is 0 Å². The molecule has 30 heavy (non-hydrogen) atoms. The largest absolute Gasteiger partial charge is 0.348 e. The first-order valence-electron chi connectivity index (χ1n) is 10.8. The quantitative estimate of drug-likeness (QED) is 0.686. The Morgan fingerprint density at radius 2 is 1.70 bits per heavy atom. The second kappa shape index (κ2) is 9.65. The van der Waals surface area contributed by atoms with Gasteiger partial charge in [0.1, 0.15) is 6.54 Å². The first kappa shape index (κ1) is 22.3. The molecule has 0 aliphatic heterocycles. The van der Waals surface area contributed by atoms with Crippen LogP contribution < -0.4 is 9.62 Å². The molecule has 3 rings (SSSR count). The van der Waals surface area contributed by atoms with Gasteiger partial charge in [0.15, 0.2) is 0 Å². The summed E-state index contributed by atoms with van der Waals surface area (Å²) in [6.07, 6.45) is 7.41. The van der Waals surface area contributed by atoms with Crippen molar-refractivity contribution in [1.82, 2.24) is 5.32 Å². The van der Waals surface area contributed by atoms with Gasteiger partial charge in [0.25, 0.3) is 0 Å². The van der Waals surface area contributed by atoms with Crippen molar-refractivity contribution < 1.29 is 13.2 Å². The zero-order chi connectivity index (χ0) is 21.7. The topological polar surface area (TPSA) is 66.5 Å². The zero-order valence-corrected chi connectivity index (χ0v) is 19.0. The van der Waals surface area contributed by atoms with Crippen LogP contribution in [0.4, 0.5) is 5.69 Å².